The van der Waals surface area contributed by atoms with Gasteiger partial charge < -0.3 is 15.5 Å². The highest BCUT2D eigenvalue weighted by Gasteiger charge is 2.05. The van der Waals surface area contributed by atoms with Gasteiger partial charge in [0.15, 0.2) is 5.96 Å². The number of hydrogen-bond acceptors (Lipinski definition) is 3. The van der Waals surface area contributed by atoms with Gasteiger partial charge in [-0.1, -0.05) is 0 Å². The van der Waals surface area contributed by atoms with E-state index in [1.807, 2.05) is 20.2 Å². The molecule has 0 aromatic carbocycles. The van der Waals surface area contributed by atoms with Crippen LogP contribution >= 0.6 is 24.0 Å². The molecule has 2 N–H and O–H groups in total. The molecule has 7 nitrogen and oxygen atoms in total. The van der Waals surface area contributed by atoms with Gasteiger partial charge in [-0.15, -0.1) is 24.0 Å². The van der Waals surface area contributed by atoms with Crippen LogP contribution in [-0.4, -0.2) is 53.7 Å². The van der Waals surface area contributed by atoms with Gasteiger partial charge in [0.05, 0.1) is 19.3 Å². The summed E-state index contributed by atoms with van der Waals surface area (Å²) in [6.07, 6.45) is 3.69. The first kappa shape index (κ1) is 18.7. The number of carbonyl (C=O) groups is 1. The number of rotatable bonds is 5. The molecule has 0 spiro atoms. The molecule has 20 heavy (non-hydrogen) atoms. The third-order valence-corrected chi connectivity index (χ3v) is 2.43. The van der Waals surface area contributed by atoms with E-state index in [1.165, 1.54) is 4.90 Å². The van der Waals surface area contributed by atoms with Gasteiger partial charge >= 0.3 is 0 Å². The number of carbonyl (C=O) groups excluding carboxylic acids is 1. The van der Waals surface area contributed by atoms with Crippen LogP contribution in [0.1, 0.15) is 12.5 Å². The third kappa shape index (κ3) is 6.73. The Morgan fingerprint density at radius 1 is 1.45 bits per heavy atom. The molecule has 0 aliphatic heterocycles. The van der Waals surface area contributed by atoms with Crippen LogP contribution in [0.3, 0.4) is 0 Å². The number of halogens is 1. The monoisotopic (exact) mass is 394 g/mol. The van der Waals surface area contributed by atoms with E-state index < -0.39 is 0 Å². The molecule has 0 aliphatic rings. The van der Waals surface area contributed by atoms with Crippen molar-refractivity contribution in [3.8, 4) is 0 Å². The molecule has 1 aromatic rings. The van der Waals surface area contributed by atoms with Gasteiger partial charge in [0.25, 0.3) is 0 Å². The van der Waals surface area contributed by atoms with Gasteiger partial charge in [0.1, 0.15) is 0 Å². The number of amides is 1. The predicted octanol–water partition coefficient (Wildman–Crippen LogP) is 0.181. The Labute approximate surface area is 136 Å². The number of nitrogens with one attached hydrogen (secondary N) is 2. The van der Waals surface area contributed by atoms with Crippen molar-refractivity contribution in [1.29, 1.82) is 0 Å². The lowest BCUT2D eigenvalue weighted by molar-refractivity contribution is -0.127. The van der Waals surface area contributed by atoms with E-state index in [4.69, 9.17) is 0 Å². The fraction of sp³-hybridized carbons (Fsp3) is 0.583. The lowest BCUT2D eigenvalue weighted by Crippen LogP contribution is -2.42. The maximum Gasteiger partial charge on any atom is 0.241 e. The van der Waals surface area contributed by atoms with Crippen LogP contribution in [0.25, 0.3) is 0 Å². The molecule has 0 unspecified atom stereocenters. The molecule has 0 atom stereocenters. The number of aliphatic imine (C=N–C) groups is 1. The quantitative estimate of drug-likeness (QED) is 0.425. The lowest BCUT2D eigenvalue weighted by atomic mass is 10.4. The molecule has 0 saturated heterocycles. The standard InChI is InChI=1S/C12H22N6O.HI/c1-5-13-12(15-8-11(19)17(2)3)14-6-10-7-16-18(4)9-10;/h7,9H,5-6,8H2,1-4H3,(H2,13,14,15);1H. The Morgan fingerprint density at radius 2 is 2.15 bits per heavy atom. The van der Waals surface area contributed by atoms with Crippen LogP contribution in [0.15, 0.2) is 17.4 Å². The maximum atomic E-state index is 11.5. The van der Waals surface area contributed by atoms with Crippen molar-refractivity contribution in [3.63, 3.8) is 0 Å². The second-order valence-corrected chi connectivity index (χ2v) is 4.36. The molecule has 1 heterocycles. The van der Waals surface area contributed by atoms with Crippen LogP contribution in [-0.2, 0) is 18.4 Å². The second kappa shape index (κ2) is 9.56. The van der Waals surface area contributed by atoms with Crippen LogP contribution in [0.4, 0.5) is 0 Å². The first-order chi connectivity index (χ1) is 9.02. The summed E-state index contributed by atoms with van der Waals surface area (Å²) in [7, 11) is 5.32. The van der Waals surface area contributed by atoms with Gasteiger partial charge in [-0.3, -0.25) is 9.48 Å². The molecule has 0 radical (unpaired) electrons. The molecule has 0 aliphatic carbocycles. The Hall–Kier alpha value is -1.32. The molecular formula is C12H23IN6O. The highest BCUT2D eigenvalue weighted by molar-refractivity contribution is 14.0. The number of guanidine groups is 1. The van der Waals surface area contributed by atoms with Gasteiger partial charge in [0.2, 0.25) is 5.91 Å². The molecule has 0 bridgehead atoms. The minimum Gasteiger partial charge on any atom is -0.357 e. The van der Waals surface area contributed by atoms with Gasteiger partial charge in [-0.25, -0.2) is 4.99 Å². The van der Waals surface area contributed by atoms with E-state index in [1.54, 1.807) is 25.0 Å². The predicted molar refractivity (Wildman–Crippen MR) is 90.1 cm³/mol. The fourth-order valence-corrected chi connectivity index (χ4v) is 1.38. The Balaban J connectivity index is 0.00000361. The molecular weight excluding hydrogens is 371 g/mol. The Bertz CT molecular complexity index is 443. The number of aryl methyl sites for hydroxylation is 1. The average Bonchev–Trinajstić information content (AvgIpc) is 2.78. The number of aromatic nitrogens is 2. The number of hydrogen-bond donors (Lipinski definition) is 2. The van der Waals surface area contributed by atoms with Crippen molar-refractivity contribution in [2.45, 2.75) is 13.5 Å². The number of likely N-dealkylation sites (N-methyl/N-ethyl adjacent to an activating group) is 1. The summed E-state index contributed by atoms with van der Waals surface area (Å²) in [5, 5.41) is 10.2. The second-order valence-electron chi connectivity index (χ2n) is 4.36. The van der Waals surface area contributed by atoms with E-state index >= 15 is 0 Å². The van der Waals surface area contributed by atoms with Crippen LogP contribution in [0, 0.1) is 0 Å². The zero-order valence-corrected chi connectivity index (χ0v) is 14.7. The molecule has 1 aromatic heterocycles. The maximum absolute atomic E-state index is 11.5. The summed E-state index contributed by atoms with van der Waals surface area (Å²) < 4.78 is 1.74. The van der Waals surface area contributed by atoms with Gasteiger partial charge in [-0.05, 0) is 6.92 Å². The zero-order valence-electron chi connectivity index (χ0n) is 12.4. The Morgan fingerprint density at radius 3 is 2.65 bits per heavy atom. The summed E-state index contributed by atoms with van der Waals surface area (Å²) in [6, 6.07) is 0. The fourth-order valence-electron chi connectivity index (χ4n) is 1.38. The summed E-state index contributed by atoms with van der Waals surface area (Å²) in [6.45, 7) is 3.48. The van der Waals surface area contributed by atoms with Crippen molar-refractivity contribution >= 4 is 35.8 Å². The highest BCUT2D eigenvalue weighted by atomic mass is 127. The first-order valence-corrected chi connectivity index (χ1v) is 6.22. The van der Waals surface area contributed by atoms with Crippen LogP contribution < -0.4 is 10.6 Å². The van der Waals surface area contributed by atoms with E-state index in [9.17, 15) is 4.79 Å². The summed E-state index contributed by atoms with van der Waals surface area (Å²) in [5.41, 5.74) is 1.03. The van der Waals surface area contributed by atoms with E-state index in [0.717, 1.165) is 12.1 Å². The van der Waals surface area contributed by atoms with E-state index in [0.29, 0.717) is 12.5 Å². The lowest BCUT2D eigenvalue weighted by Gasteiger charge is -2.13. The van der Waals surface area contributed by atoms with Crippen LogP contribution in [0.5, 0.6) is 0 Å². The summed E-state index contributed by atoms with van der Waals surface area (Å²) >= 11 is 0. The van der Waals surface area contributed by atoms with Gasteiger partial charge in [0, 0.05) is 39.4 Å². The van der Waals surface area contributed by atoms with Crippen molar-refractivity contribution < 1.29 is 4.79 Å². The molecule has 0 saturated carbocycles. The molecule has 1 rings (SSSR count). The smallest absolute Gasteiger partial charge is 0.241 e. The normalized spacial score (nSPS) is 10.7. The van der Waals surface area contributed by atoms with Crippen molar-refractivity contribution in [2.24, 2.45) is 12.0 Å². The molecule has 8 heteroatoms. The minimum atomic E-state index is 0. The van der Waals surface area contributed by atoms with Crippen molar-refractivity contribution in [2.75, 3.05) is 27.2 Å². The minimum absolute atomic E-state index is 0. The van der Waals surface area contributed by atoms with E-state index in [2.05, 4.69) is 20.7 Å². The molecule has 1 amide bonds. The molecule has 0 fully saturated rings. The van der Waals surface area contributed by atoms with Crippen LogP contribution in [0.2, 0.25) is 0 Å². The summed E-state index contributed by atoms with van der Waals surface area (Å²) in [4.78, 5) is 17.4. The van der Waals surface area contributed by atoms with E-state index in [-0.39, 0.29) is 36.4 Å². The first-order valence-electron chi connectivity index (χ1n) is 6.22. The van der Waals surface area contributed by atoms with Crippen molar-refractivity contribution in [3.05, 3.63) is 18.0 Å². The Kier molecular flexibility index (Phi) is 8.93. The zero-order chi connectivity index (χ0) is 14.3. The summed E-state index contributed by atoms with van der Waals surface area (Å²) in [5.74, 6) is 0.633. The van der Waals surface area contributed by atoms with Crippen molar-refractivity contribution in [1.82, 2.24) is 25.3 Å². The third-order valence-electron chi connectivity index (χ3n) is 2.43. The highest BCUT2D eigenvalue weighted by Crippen LogP contribution is 1.97. The average molecular weight is 394 g/mol. The largest absolute Gasteiger partial charge is 0.357 e. The topological polar surface area (TPSA) is 74.5 Å². The SMILES string of the molecule is CCNC(=NCc1cnn(C)c1)NCC(=O)N(C)C.I. The van der Waals surface area contributed by atoms with Gasteiger partial charge in [-0.2, -0.15) is 5.10 Å². The molecule has 114 valence electrons. The number of nitrogens with zero attached hydrogens (tertiary/aromatic N) is 4.